The van der Waals surface area contributed by atoms with Gasteiger partial charge in [-0.25, -0.2) is 0 Å². The molecule has 0 saturated carbocycles. The molecule has 10 heteroatoms. The molecule has 0 spiro atoms. The van der Waals surface area contributed by atoms with Crippen LogP contribution in [0.2, 0.25) is 0 Å². The van der Waals surface area contributed by atoms with Crippen LogP contribution in [0, 0.1) is 6.92 Å². The summed E-state index contributed by atoms with van der Waals surface area (Å²) in [6, 6.07) is 0. The van der Waals surface area contributed by atoms with Crippen molar-refractivity contribution in [1.82, 2.24) is 4.98 Å². The standard InChI is InChI=1S/C16H25BrN4O5/c1-10-11(17)8-19-13(14(10)24-2)15(25-3)16(26-4,12(23)9-22)6-5-7-20-21-18/h8,12,15,22-23H,5-7,9H2,1-4H3. The molecule has 0 aliphatic carbocycles. The summed E-state index contributed by atoms with van der Waals surface area (Å²) in [6.45, 7) is 1.55. The van der Waals surface area contributed by atoms with Gasteiger partial charge in [-0.2, -0.15) is 0 Å². The van der Waals surface area contributed by atoms with Crippen LogP contribution >= 0.6 is 15.9 Å². The fourth-order valence-corrected chi connectivity index (χ4v) is 3.29. The molecule has 3 atom stereocenters. The van der Waals surface area contributed by atoms with Crippen molar-refractivity contribution in [3.05, 3.63) is 32.4 Å². The Labute approximate surface area is 161 Å². The first kappa shape index (κ1) is 22.6. The Morgan fingerprint density at radius 1 is 1.42 bits per heavy atom. The molecule has 0 fully saturated rings. The maximum Gasteiger partial charge on any atom is 0.147 e. The number of hydrogen-bond donors (Lipinski definition) is 2. The zero-order valence-corrected chi connectivity index (χ0v) is 16.9. The zero-order valence-electron chi connectivity index (χ0n) is 15.3. The quantitative estimate of drug-likeness (QED) is 0.239. The van der Waals surface area contributed by atoms with E-state index in [4.69, 9.17) is 19.7 Å². The van der Waals surface area contributed by atoms with E-state index in [1.807, 2.05) is 6.92 Å². The lowest BCUT2D eigenvalue weighted by atomic mass is 9.83. The van der Waals surface area contributed by atoms with Crippen molar-refractivity contribution in [3.63, 3.8) is 0 Å². The molecule has 3 unspecified atom stereocenters. The highest BCUT2D eigenvalue weighted by Gasteiger charge is 2.48. The van der Waals surface area contributed by atoms with E-state index in [0.717, 1.165) is 10.0 Å². The fraction of sp³-hybridized carbons (Fsp3) is 0.688. The molecule has 146 valence electrons. The Morgan fingerprint density at radius 2 is 2.12 bits per heavy atom. The minimum Gasteiger partial charge on any atom is -0.494 e. The average Bonchev–Trinajstić information content (AvgIpc) is 2.66. The largest absolute Gasteiger partial charge is 0.494 e. The smallest absolute Gasteiger partial charge is 0.147 e. The number of rotatable bonds is 11. The third kappa shape index (κ3) is 4.64. The summed E-state index contributed by atoms with van der Waals surface area (Å²) < 4.78 is 17.6. The number of hydrogen-bond acceptors (Lipinski definition) is 7. The van der Waals surface area contributed by atoms with E-state index >= 15 is 0 Å². The summed E-state index contributed by atoms with van der Waals surface area (Å²) in [4.78, 5) is 7.13. The van der Waals surface area contributed by atoms with Crippen molar-refractivity contribution >= 4 is 15.9 Å². The highest BCUT2D eigenvalue weighted by molar-refractivity contribution is 9.10. The molecule has 1 aromatic heterocycles. The first-order valence-corrected chi connectivity index (χ1v) is 8.79. The number of aromatic nitrogens is 1. The van der Waals surface area contributed by atoms with Crippen molar-refractivity contribution in [2.75, 3.05) is 34.5 Å². The van der Waals surface area contributed by atoms with Crippen molar-refractivity contribution in [2.45, 2.75) is 37.6 Å². The molecular weight excluding hydrogens is 408 g/mol. The number of azide groups is 1. The van der Waals surface area contributed by atoms with E-state index in [-0.39, 0.29) is 13.0 Å². The molecule has 1 heterocycles. The van der Waals surface area contributed by atoms with E-state index in [1.54, 1.807) is 6.20 Å². The minimum atomic E-state index is -1.31. The Morgan fingerprint density at radius 3 is 2.62 bits per heavy atom. The van der Waals surface area contributed by atoms with Crippen LogP contribution in [0.25, 0.3) is 10.4 Å². The van der Waals surface area contributed by atoms with Crippen LogP contribution < -0.4 is 4.74 Å². The van der Waals surface area contributed by atoms with Crippen molar-refractivity contribution < 1.29 is 24.4 Å². The van der Waals surface area contributed by atoms with Crippen molar-refractivity contribution in [1.29, 1.82) is 0 Å². The van der Waals surface area contributed by atoms with Gasteiger partial charge in [0, 0.05) is 41.9 Å². The molecule has 1 rings (SSSR count). The van der Waals surface area contributed by atoms with Gasteiger partial charge < -0.3 is 24.4 Å². The zero-order chi connectivity index (χ0) is 19.7. The Balaban J connectivity index is 3.45. The second-order valence-corrected chi connectivity index (χ2v) is 6.54. The predicted molar refractivity (Wildman–Crippen MR) is 99.1 cm³/mol. The number of halogens is 1. The molecule has 26 heavy (non-hydrogen) atoms. The Bertz CT molecular complexity index is 641. The monoisotopic (exact) mass is 432 g/mol. The van der Waals surface area contributed by atoms with Gasteiger partial charge in [-0.3, -0.25) is 4.98 Å². The van der Waals surface area contributed by atoms with E-state index in [9.17, 15) is 10.2 Å². The molecule has 0 aliphatic rings. The van der Waals surface area contributed by atoms with Crippen molar-refractivity contribution in [3.8, 4) is 5.75 Å². The van der Waals surface area contributed by atoms with Crippen LogP contribution in [0.15, 0.2) is 15.8 Å². The normalized spacial score (nSPS) is 15.7. The summed E-state index contributed by atoms with van der Waals surface area (Å²) in [5.74, 6) is 0.493. The lowest BCUT2D eigenvalue weighted by Crippen LogP contribution is -2.52. The average molecular weight is 433 g/mol. The van der Waals surface area contributed by atoms with Crippen molar-refractivity contribution in [2.24, 2.45) is 5.11 Å². The third-order valence-corrected chi connectivity index (χ3v) is 5.19. The first-order chi connectivity index (χ1) is 12.4. The van der Waals surface area contributed by atoms with E-state index in [0.29, 0.717) is 17.9 Å². The molecule has 0 saturated heterocycles. The Kier molecular flexibility index (Phi) is 9.28. The lowest BCUT2D eigenvalue weighted by molar-refractivity contribution is -0.192. The molecular formula is C16H25BrN4O5. The molecule has 0 amide bonds. The number of aliphatic hydroxyl groups excluding tert-OH is 2. The fourth-order valence-electron chi connectivity index (χ4n) is 3.01. The second-order valence-electron chi connectivity index (χ2n) is 5.68. The summed E-state index contributed by atoms with van der Waals surface area (Å²) in [5, 5.41) is 23.6. The molecule has 0 aliphatic heterocycles. The second kappa shape index (κ2) is 10.7. The number of aliphatic hydroxyl groups is 2. The molecule has 0 aromatic carbocycles. The summed E-state index contributed by atoms with van der Waals surface area (Å²) >= 11 is 3.41. The molecule has 0 radical (unpaired) electrons. The van der Waals surface area contributed by atoms with Gasteiger partial charge in [-0.1, -0.05) is 5.11 Å². The van der Waals surface area contributed by atoms with Gasteiger partial charge >= 0.3 is 0 Å². The molecule has 0 bridgehead atoms. The highest BCUT2D eigenvalue weighted by atomic mass is 79.9. The number of nitrogens with zero attached hydrogens (tertiary/aromatic N) is 4. The van der Waals surface area contributed by atoms with Crippen LogP contribution in [-0.4, -0.2) is 61.4 Å². The van der Waals surface area contributed by atoms with Crippen LogP contribution in [0.1, 0.15) is 30.2 Å². The third-order valence-electron chi connectivity index (χ3n) is 4.39. The van der Waals surface area contributed by atoms with Gasteiger partial charge in [0.25, 0.3) is 0 Å². The topological polar surface area (TPSA) is 130 Å². The maximum atomic E-state index is 10.5. The predicted octanol–water partition coefficient (Wildman–Crippen LogP) is 2.68. The number of ether oxygens (including phenoxy) is 3. The van der Waals surface area contributed by atoms with Gasteiger partial charge in [0.2, 0.25) is 0 Å². The summed E-state index contributed by atoms with van der Waals surface area (Å²) in [6.07, 6.45) is 0.224. The SMILES string of the molecule is COc1c(C(OC)C(CCCN=[N+]=[N-])(OC)C(O)CO)ncc(Br)c1C. The van der Waals surface area contributed by atoms with E-state index in [2.05, 4.69) is 30.9 Å². The highest BCUT2D eigenvalue weighted by Crippen LogP contribution is 2.43. The van der Waals surface area contributed by atoms with Gasteiger partial charge in [0.1, 0.15) is 29.3 Å². The van der Waals surface area contributed by atoms with E-state index in [1.165, 1.54) is 21.3 Å². The molecule has 9 nitrogen and oxygen atoms in total. The van der Waals surface area contributed by atoms with E-state index < -0.39 is 24.4 Å². The number of pyridine rings is 1. The number of methoxy groups -OCH3 is 3. The van der Waals surface area contributed by atoms with Gasteiger partial charge in [-0.15, -0.1) is 0 Å². The van der Waals surface area contributed by atoms with Crippen LogP contribution in [0.3, 0.4) is 0 Å². The van der Waals surface area contributed by atoms with Crippen LogP contribution in [0.4, 0.5) is 0 Å². The first-order valence-electron chi connectivity index (χ1n) is 8.00. The summed E-state index contributed by atoms with van der Waals surface area (Å²) in [7, 11) is 4.41. The van der Waals surface area contributed by atoms with Crippen LogP contribution in [0.5, 0.6) is 5.75 Å². The Hall–Kier alpha value is -1.42. The van der Waals surface area contributed by atoms with Gasteiger partial charge in [0.15, 0.2) is 0 Å². The lowest BCUT2D eigenvalue weighted by Gasteiger charge is -2.41. The summed E-state index contributed by atoms with van der Waals surface area (Å²) in [5.41, 5.74) is 8.39. The minimum absolute atomic E-state index is 0.222. The molecule has 2 N–H and O–H groups in total. The maximum absolute atomic E-state index is 10.5. The van der Waals surface area contributed by atoms with Gasteiger partial charge in [-0.05, 0) is 41.2 Å². The van der Waals surface area contributed by atoms with Gasteiger partial charge in [0.05, 0.1) is 13.7 Å². The molecule has 1 aromatic rings. The van der Waals surface area contributed by atoms with Crippen LogP contribution in [-0.2, 0) is 9.47 Å².